The van der Waals surface area contributed by atoms with E-state index in [-0.39, 0.29) is 30.2 Å². The second-order valence-corrected chi connectivity index (χ2v) is 9.15. The van der Waals surface area contributed by atoms with Gasteiger partial charge in [-0.05, 0) is 50.8 Å². The van der Waals surface area contributed by atoms with E-state index in [9.17, 15) is 9.59 Å². The summed E-state index contributed by atoms with van der Waals surface area (Å²) in [5.41, 5.74) is 0.0690. The molecule has 8 nitrogen and oxygen atoms in total. The molecule has 2 saturated heterocycles. The van der Waals surface area contributed by atoms with Crippen LogP contribution in [0.1, 0.15) is 37.2 Å². The maximum absolute atomic E-state index is 13.0. The van der Waals surface area contributed by atoms with Crippen molar-refractivity contribution in [1.29, 1.82) is 0 Å². The number of morpholine rings is 1. The van der Waals surface area contributed by atoms with E-state index < -0.39 is 0 Å². The van der Waals surface area contributed by atoms with Crippen LogP contribution in [0.4, 0.5) is 0 Å². The summed E-state index contributed by atoms with van der Waals surface area (Å²) in [6.45, 7) is 9.30. The van der Waals surface area contributed by atoms with Crippen LogP contribution in [-0.4, -0.2) is 77.0 Å². The van der Waals surface area contributed by atoms with Gasteiger partial charge in [0.15, 0.2) is 0 Å². The third-order valence-corrected chi connectivity index (χ3v) is 6.31. The molecule has 2 aliphatic heterocycles. The highest BCUT2D eigenvalue weighted by Gasteiger charge is 2.28. The Morgan fingerprint density at radius 2 is 1.76 bits per heavy atom. The molecule has 1 aromatic carbocycles. The van der Waals surface area contributed by atoms with E-state index in [1.807, 2.05) is 35.2 Å². The number of para-hydroxylation sites is 1. The van der Waals surface area contributed by atoms with Crippen molar-refractivity contribution >= 4 is 5.91 Å². The molecule has 1 aromatic heterocycles. The van der Waals surface area contributed by atoms with Crippen LogP contribution in [0.3, 0.4) is 0 Å². The maximum atomic E-state index is 13.0. The zero-order valence-corrected chi connectivity index (χ0v) is 19.6. The van der Waals surface area contributed by atoms with Gasteiger partial charge in [-0.25, -0.2) is 4.68 Å². The minimum atomic E-state index is -0.240. The number of hydrogen-bond acceptors (Lipinski definition) is 6. The van der Waals surface area contributed by atoms with Crippen LogP contribution in [0.5, 0.6) is 5.75 Å². The first kappa shape index (κ1) is 23.4. The van der Waals surface area contributed by atoms with E-state index in [1.54, 1.807) is 0 Å². The summed E-state index contributed by atoms with van der Waals surface area (Å²) in [5, 5.41) is 4.32. The molecule has 178 valence electrons. The molecule has 2 fully saturated rings. The second-order valence-electron chi connectivity index (χ2n) is 9.15. The largest absolute Gasteiger partial charge is 0.492 e. The predicted molar refractivity (Wildman–Crippen MR) is 126 cm³/mol. The van der Waals surface area contributed by atoms with Crippen molar-refractivity contribution in [3.63, 3.8) is 0 Å². The van der Waals surface area contributed by atoms with Crippen LogP contribution in [0.15, 0.2) is 47.3 Å². The number of piperidine rings is 1. The number of ether oxygens (including phenoxy) is 2. The Bertz CT molecular complexity index is 962. The lowest BCUT2D eigenvalue weighted by Crippen LogP contribution is -2.48. The maximum Gasteiger partial charge on any atom is 0.274 e. The van der Waals surface area contributed by atoms with E-state index in [1.165, 1.54) is 16.8 Å². The molecule has 2 aromatic rings. The molecule has 4 rings (SSSR count). The van der Waals surface area contributed by atoms with E-state index in [4.69, 9.17) is 9.47 Å². The number of carbonyl (C=O) groups excluding carboxylic acids is 1. The molecule has 0 spiro atoms. The summed E-state index contributed by atoms with van der Waals surface area (Å²) in [5.74, 6) is 1.21. The van der Waals surface area contributed by atoms with Gasteiger partial charge >= 0.3 is 0 Å². The lowest BCUT2D eigenvalue weighted by atomic mass is 9.95. The monoisotopic (exact) mass is 454 g/mol. The average Bonchev–Trinajstić information content (AvgIpc) is 2.80. The zero-order chi connectivity index (χ0) is 23.2. The number of aromatic nitrogens is 2. The summed E-state index contributed by atoms with van der Waals surface area (Å²) >= 11 is 0. The highest BCUT2D eigenvalue weighted by Crippen LogP contribution is 2.21. The summed E-state index contributed by atoms with van der Waals surface area (Å²) in [6.07, 6.45) is 2.51. The van der Waals surface area contributed by atoms with Crippen molar-refractivity contribution in [2.45, 2.75) is 45.4 Å². The molecule has 2 atom stereocenters. The molecule has 0 saturated carbocycles. The minimum absolute atomic E-state index is 0.111. The smallest absolute Gasteiger partial charge is 0.274 e. The van der Waals surface area contributed by atoms with E-state index >= 15 is 0 Å². The van der Waals surface area contributed by atoms with Gasteiger partial charge in [-0.3, -0.25) is 14.5 Å². The van der Waals surface area contributed by atoms with Gasteiger partial charge < -0.3 is 14.4 Å². The fourth-order valence-electron chi connectivity index (χ4n) is 4.77. The molecule has 2 aliphatic rings. The first-order valence-corrected chi connectivity index (χ1v) is 11.9. The number of rotatable bonds is 7. The van der Waals surface area contributed by atoms with Gasteiger partial charge in [0.25, 0.3) is 11.5 Å². The Balaban J connectivity index is 1.28. The molecule has 0 aliphatic carbocycles. The molecule has 3 heterocycles. The number of amides is 1. The van der Waals surface area contributed by atoms with E-state index in [2.05, 4.69) is 23.8 Å². The number of nitrogens with zero attached hydrogens (tertiary/aromatic N) is 4. The van der Waals surface area contributed by atoms with Gasteiger partial charge in [0, 0.05) is 38.8 Å². The van der Waals surface area contributed by atoms with E-state index in [0.29, 0.717) is 18.2 Å². The van der Waals surface area contributed by atoms with Gasteiger partial charge in [0.1, 0.15) is 18.1 Å². The third kappa shape index (κ3) is 6.42. The fraction of sp³-hybridized carbons (Fsp3) is 0.560. The molecule has 8 heteroatoms. The van der Waals surface area contributed by atoms with Crippen molar-refractivity contribution in [3.8, 4) is 5.75 Å². The first-order chi connectivity index (χ1) is 16.0. The van der Waals surface area contributed by atoms with Crippen molar-refractivity contribution < 1.29 is 14.3 Å². The van der Waals surface area contributed by atoms with Gasteiger partial charge in [-0.1, -0.05) is 18.2 Å². The average molecular weight is 455 g/mol. The number of carbonyl (C=O) groups is 1. The topological polar surface area (TPSA) is 76.9 Å². The summed E-state index contributed by atoms with van der Waals surface area (Å²) < 4.78 is 12.8. The Hall–Kier alpha value is -2.71. The zero-order valence-electron chi connectivity index (χ0n) is 19.6. The van der Waals surface area contributed by atoms with Crippen molar-refractivity contribution in [2.24, 2.45) is 5.92 Å². The molecule has 0 N–H and O–H groups in total. The van der Waals surface area contributed by atoms with Crippen LogP contribution < -0.4 is 10.3 Å². The number of benzene rings is 1. The Kier molecular flexibility index (Phi) is 7.77. The fourth-order valence-corrected chi connectivity index (χ4v) is 4.77. The molecule has 0 bridgehead atoms. The molecule has 0 radical (unpaired) electrons. The second kappa shape index (κ2) is 10.9. The standard InChI is InChI=1S/C25H34N4O4/c1-19-16-27(17-20(2)33-19)18-21-10-12-28(13-11-21)25(31)23-8-9-24(30)29(26-23)14-15-32-22-6-4-3-5-7-22/h3-9,19-21H,10-18H2,1-2H3. The van der Waals surface area contributed by atoms with Crippen LogP contribution in [0.25, 0.3) is 0 Å². The molecular weight excluding hydrogens is 420 g/mol. The number of likely N-dealkylation sites (tertiary alicyclic amines) is 1. The highest BCUT2D eigenvalue weighted by atomic mass is 16.5. The normalized spacial score (nSPS) is 22.3. The van der Waals surface area contributed by atoms with Gasteiger partial charge in [-0.2, -0.15) is 5.10 Å². The Morgan fingerprint density at radius 1 is 1.06 bits per heavy atom. The molecule has 2 unspecified atom stereocenters. The first-order valence-electron chi connectivity index (χ1n) is 11.9. The summed E-state index contributed by atoms with van der Waals surface area (Å²) in [4.78, 5) is 29.6. The SMILES string of the molecule is CC1CN(CC2CCN(C(=O)c3ccc(=O)n(CCOc4ccccc4)n3)CC2)CC(C)O1. The lowest BCUT2D eigenvalue weighted by molar-refractivity contribution is -0.0728. The Labute approximate surface area is 195 Å². The van der Waals surface area contributed by atoms with Crippen LogP contribution in [0.2, 0.25) is 0 Å². The predicted octanol–water partition coefficient (Wildman–Crippen LogP) is 2.28. The molecule has 1 amide bonds. The minimum Gasteiger partial charge on any atom is -0.492 e. The molecule has 33 heavy (non-hydrogen) atoms. The summed E-state index contributed by atoms with van der Waals surface area (Å²) in [7, 11) is 0. The van der Waals surface area contributed by atoms with Crippen LogP contribution >= 0.6 is 0 Å². The van der Waals surface area contributed by atoms with Crippen LogP contribution in [-0.2, 0) is 11.3 Å². The quantitative estimate of drug-likeness (QED) is 0.639. The third-order valence-electron chi connectivity index (χ3n) is 6.31. The highest BCUT2D eigenvalue weighted by molar-refractivity contribution is 5.92. The lowest BCUT2D eigenvalue weighted by Gasteiger charge is -2.39. The summed E-state index contributed by atoms with van der Waals surface area (Å²) in [6, 6.07) is 12.4. The Morgan fingerprint density at radius 3 is 2.45 bits per heavy atom. The molecular formula is C25H34N4O4. The van der Waals surface area contributed by atoms with E-state index in [0.717, 1.165) is 51.3 Å². The van der Waals surface area contributed by atoms with Crippen molar-refractivity contribution in [3.05, 3.63) is 58.5 Å². The van der Waals surface area contributed by atoms with Crippen LogP contribution in [0, 0.1) is 5.92 Å². The number of hydrogen-bond donors (Lipinski definition) is 0. The van der Waals surface area contributed by atoms with Gasteiger partial charge in [-0.15, -0.1) is 0 Å². The van der Waals surface area contributed by atoms with Gasteiger partial charge in [0.05, 0.1) is 18.8 Å². The van der Waals surface area contributed by atoms with Gasteiger partial charge in [0.2, 0.25) is 0 Å². The van der Waals surface area contributed by atoms with Crippen molar-refractivity contribution in [1.82, 2.24) is 19.6 Å². The van der Waals surface area contributed by atoms with Crippen molar-refractivity contribution in [2.75, 3.05) is 39.3 Å².